The van der Waals surface area contributed by atoms with Gasteiger partial charge in [-0.1, -0.05) is 26.8 Å². The van der Waals surface area contributed by atoms with Crippen LogP contribution in [0.5, 0.6) is 0 Å². The molecule has 21 heavy (non-hydrogen) atoms. The van der Waals surface area contributed by atoms with E-state index in [0.717, 1.165) is 11.4 Å². The van der Waals surface area contributed by atoms with Crippen LogP contribution >= 0.6 is 0 Å². The van der Waals surface area contributed by atoms with Crippen molar-refractivity contribution in [1.29, 1.82) is 0 Å². The zero-order chi connectivity index (χ0) is 15.0. The zero-order valence-corrected chi connectivity index (χ0v) is 13.1. The number of hydrogen-bond acceptors (Lipinski definition) is 3. The van der Waals surface area contributed by atoms with E-state index < -0.39 is 0 Å². The summed E-state index contributed by atoms with van der Waals surface area (Å²) in [5.41, 5.74) is 2.40. The Labute approximate surface area is 126 Å². The van der Waals surface area contributed by atoms with Crippen molar-refractivity contribution in [2.45, 2.75) is 39.7 Å². The third-order valence-corrected chi connectivity index (χ3v) is 4.60. The van der Waals surface area contributed by atoms with Crippen LogP contribution in [-0.4, -0.2) is 25.3 Å². The van der Waals surface area contributed by atoms with E-state index in [1.165, 1.54) is 12.8 Å². The van der Waals surface area contributed by atoms with Gasteiger partial charge in [-0.25, -0.2) is 4.79 Å². The first kappa shape index (κ1) is 14.2. The van der Waals surface area contributed by atoms with Crippen molar-refractivity contribution in [3.8, 4) is 0 Å². The molecule has 114 valence electrons. The Morgan fingerprint density at radius 1 is 1.33 bits per heavy atom. The SMILES string of the molecule is CC1CC(C)(C)CC1Nc1cccc(N2CCOC2=O)c1. The lowest BCUT2D eigenvalue weighted by molar-refractivity contribution is 0.181. The first-order valence-electron chi connectivity index (χ1n) is 7.75. The molecule has 1 amide bonds. The summed E-state index contributed by atoms with van der Waals surface area (Å²) in [5, 5.41) is 3.65. The summed E-state index contributed by atoms with van der Waals surface area (Å²) >= 11 is 0. The molecule has 0 bridgehead atoms. The monoisotopic (exact) mass is 288 g/mol. The Hall–Kier alpha value is -1.71. The lowest BCUT2D eigenvalue weighted by Gasteiger charge is -2.21. The Balaban J connectivity index is 1.73. The van der Waals surface area contributed by atoms with Crippen LogP contribution in [0.1, 0.15) is 33.6 Å². The topological polar surface area (TPSA) is 41.6 Å². The van der Waals surface area contributed by atoms with Gasteiger partial charge in [0.05, 0.1) is 6.54 Å². The summed E-state index contributed by atoms with van der Waals surface area (Å²) < 4.78 is 5.00. The number of nitrogens with one attached hydrogen (secondary N) is 1. The molecular weight excluding hydrogens is 264 g/mol. The van der Waals surface area contributed by atoms with E-state index in [1.807, 2.05) is 18.2 Å². The van der Waals surface area contributed by atoms with Crippen LogP contribution in [0.2, 0.25) is 0 Å². The number of anilines is 2. The number of rotatable bonds is 3. The average Bonchev–Trinajstić information content (AvgIpc) is 2.93. The second-order valence-corrected chi connectivity index (χ2v) is 7.12. The van der Waals surface area contributed by atoms with E-state index >= 15 is 0 Å². The first-order chi connectivity index (χ1) is 9.94. The van der Waals surface area contributed by atoms with Gasteiger partial charge in [-0.2, -0.15) is 0 Å². The number of carbonyl (C=O) groups is 1. The Morgan fingerprint density at radius 2 is 2.14 bits per heavy atom. The number of cyclic esters (lactones) is 1. The van der Waals surface area contributed by atoms with Gasteiger partial charge in [0.15, 0.2) is 0 Å². The second-order valence-electron chi connectivity index (χ2n) is 7.12. The third-order valence-electron chi connectivity index (χ3n) is 4.60. The van der Waals surface area contributed by atoms with Crippen LogP contribution < -0.4 is 10.2 Å². The predicted octanol–water partition coefficient (Wildman–Crippen LogP) is 3.88. The molecule has 4 heteroatoms. The summed E-state index contributed by atoms with van der Waals surface area (Å²) in [7, 11) is 0. The Bertz CT molecular complexity index is 541. The maximum Gasteiger partial charge on any atom is 0.414 e. The average molecular weight is 288 g/mol. The maximum atomic E-state index is 11.7. The van der Waals surface area contributed by atoms with Gasteiger partial charge < -0.3 is 10.1 Å². The minimum atomic E-state index is -0.248. The van der Waals surface area contributed by atoms with Crippen molar-refractivity contribution < 1.29 is 9.53 Å². The predicted molar refractivity (Wildman–Crippen MR) is 84.7 cm³/mol. The summed E-state index contributed by atoms with van der Waals surface area (Å²) in [4.78, 5) is 13.3. The molecule has 1 saturated heterocycles. The van der Waals surface area contributed by atoms with Crippen LogP contribution in [0.3, 0.4) is 0 Å². The fourth-order valence-corrected chi connectivity index (χ4v) is 3.69. The van der Waals surface area contributed by atoms with E-state index in [4.69, 9.17) is 4.74 Å². The largest absolute Gasteiger partial charge is 0.447 e. The molecule has 2 atom stereocenters. The Morgan fingerprint density at radius 3 is 2.76 bits per heavy atom. The van der Waals surface area contributed by atoms with Crippen molar-refractivity contribution in [3.05, 3.63) is 24.3 Å². The van der Waals surface area contributed by atoms with Crippen LogP contribution in [0.15, 0.2) is 24.3 Å². The van der Waals surface area contributed by atoms with Crippen molar-refractivity contribution >= 4 is 17.5 Å². The molecule has 4 nitrogen and oxygen atoms in total. The minimum Gasteiger partial charge on any atom is -0.447 e. The van der Waals surface area contributed by atoms with Gasteiger partial charge in [0, 0.05) is 17.4 Å². The highest BCUT2D eigenvalue weighted by Gasteiger charge is 2.36. The van der Waals surface area contributed by atoms with Crippen molar-refractivity contribution in [1.82, 2.24) is 0 Å². The van der Waals surface area contributed by atoms with E-state index in [-0.39, 0.29) is 6.09 Å². The highest BCUT2D eigenvalue weighted by molar-refractivity contribution is 5.89. The highest BCUT2D eigenvalue weighted by atomic mass is 16.6. The number of carbonyl (C=O) groups excluding carboxylic acids is 1. The van der Waals surface area contributed by atoms with E-state index in [1.54, 1.807) is 4.90 Å². The van der Waals surface area contributed by atoms with Crippen molar-refractivity contribution in [2.24, 2.45) is 11.3 Å². The molecular formula is C17H24N2O2. The molecule has 2 aliphatic rings. The van der Waals surface area contributed by atoms with E-state index in [0.29, 0.717) is 30.5 Å². The molecule has 1 aromatic rings. The van der Waals surface area contributed by atoms with Gasteiger partial charge in [-0.3, -0.25) is 4.90 Å². The first-order valence-corrected chi connectivity index (χ1v) is 7.75. The molecule has 1 heterocycles. The molecule has 2 unspecified atom stereocenters. The van der Waals surface area contributed by atoms with Crippen LogP contribution in [-0.2, 0) is 4.74 Å². The molecule has 1 aromatic carbocycles. The fraction of sp³-hybridized carbons (Fsp3) is 0.588. The lowest BCUT2D eigenvalue weighted by Crippen LogP contribution is -2.25. The van der Waals surface area contributed by atoms with Crippen molar-refractivity contribution in [3.63, 3.8) is 0 Å². The van der Waals surface area contributed by atoms with Crippen LogP contribution in [0.4, 0.5) is 16.2 Å². The van der Waals surface area contributed by atoms with E-state index in [2.05, 4.69) is 32.2 Å². The van der Waals surface area contributed by atoms with Crippen molar-refractivity contribution in [2.75, 3.05) is 23.4 Å². The molecule has 3 rings (SSSR count). The van der Waals surface area contributed by atoms with Crippen LogP contribution in [0.25, 0.3) is 0 Å². The molecule has 0 spiro atoms. The maximum absolute atomic E-state index is 11.7. The molecule has 0 aromatic heterocycles. The smallest absolute Gasteiger partial charge is 0.414 e. The Kier molecular flexibility index (Phi) is 3.56. The molecule has 1 N–H and O–H groups in total. The number of benzene rings is 1. The number of amides is 1. The second kappa shape index (κ2) is 5.24. The number of ether oxygens (including phenoxy) is 1. The normalized spacial score (nSPS) is 27.8. The lowest BCUT2D eigenvalue weighted by atomic mass is 9.91. The molecule has 1 saturated carbocycles. The highest BCUT2D eigenvalue weighted by Crippen LogP contribution is 2.42. The zero-order valence-electron chi connectivity index (χ0n) is 13.1. The number of nitrogens with zero attached hydrogens (tertiary/aromatic N) is 1. The van der Waals surface area contributed by atoms with Gasteiger partial charge >= 0.3 is 6.09 Å². The third kappa shape index (κ3) is 2.99. The van der Waals surface area contributed by atoms with E-state index in [9.17, 15) is 4.79 Å². The fourth-order valence-electron chi connectivity index (χ4n) is 3.69. The van der Waals surface area contributed by atoms with Crippen LogP contribution in [0, 0.1) is 11.3 Å². The molecule has 1 aliphatic carbocycles. The minimum absolute atomic E-state index is 0.248. The molecule has 2 fully saturated rings. The quantitative estimate of drug-likeness (QED) is 0.917. The van der Waals surface area contributed by atoms with Gasteiger partial charge in [0.25, 0.3) is 0 Å². The summed E-state index contributed by atoms with van der Waals surface area (Å²) in [6.45, 7) is 8.09. The number of hydrogen-bond donors (Lipinski definition) is 1. The molecule has 1 aliphatic heterocycles. The summed E-state index contributed by atoms with van der Waals surface area (Å²) in [6.07, 6.45) is 2.19. The summed E-state index contributed by atoms with van der Waals surface area (Å²) in [6, 6.07) is 8.57. The van der Waals surface area contributed by atoms with Gasteiger partial charge in [0.1, 0.15) is 6.61 Å². The van der Waals surface area contributed by atoms with Gasteiger partial charge in [-0.05, 0) is 42.4 Å². The van der Waals surface area contributed by atoms with Gasteiger partial charge in [0.2, 0.25) is 0 Å². The standard InChI is InChI=1S/C17H24N2O2/c1-12-10-17(2,3)11-15(12)18-13-5-4-6-14(9-13)19-7-8-21-16(19)20/h4-6,9,12,15,18H,7-8,10-11H2,1-3H3. The van der Waals surface area contributed by atoms with Gasteiger partial charge in [-0.15, -0.1) is 0 Å². The summed E-state index contributed by atoms with van der Waals surface area (Å²) in [5.74, 6) is 0.667. The molecule has 0 radical (unpaired) electrons.